The van der Waals surface area contributed by atoms with E-state index in [1.54, 1.807) is 0 Å². The van der Waals surface area contributed by atoms with Gasteiger partial charge in [-0.1, -0.05) is 0 Å². The lowest BCUT2D eigenvalue weighted by Gasteiger charge is -2.03. The Kier molecular flexibility index (Phi) is 1.02. The molecule has 1 radical (unpaired) electrons. The van der Waals surface area contributed by atoms with Crippen LogP contribution in [0.3, 0.4) is 0 Å². The smallest absolute Gasteiger partial charge is 0.0493 e. The largest absolute Gasteiger partial charge is 0.205 e. The van der Waals surface area contributed by atoms with E-state index < -0.39 is 0 Å². The molecule has 0 atom stereocenters. The van der Waals surface area contributed by atoms with Gasteiger partial charge in [0.05, 0.1) is 0 Å². The molecular weight excluding hydrogens is 88.1 g/mol. The van der Waals surface area contributed by atoms with Gasteiger partial charge in [-0.25, -0.2) is 5.43 Å². The first-order valence-electron chi connectivity index (χ1n) is 2.38. The lowest BCUT2D eigenvalue weighted by molar-refractivity contribution is 0.313. The van der Waals surface area contributed by atoms with E-state index in [4.69, 9.17) is 0 Å². The van der Waals surface area contributed by atoms with Crippen molar-refractivity contribution in [2.24, 2.45) is 0 Å². The van der Waals surface area contributed by atoms with E-state index in [1.807, 2.05) is 19.0 Å². The van der Waals surface area contributed by atoms with Gasteiger partial charge in [-0.3, -0.25) is 0 Å². The van der Waals surface area contributed by atoms with Crippen LogP contribution in [-0.2, 0) is 0 Å². The van der Waals surface area contributed by atoms with Crippen molar-refractivity contribution in [3.05, 3.63) is 11.8 Å². The molecule has 0 aromatic rings. The van der Waals surface area contributed by atoms with Crippen molar-refractivity contribution >= 4 is 0 Å². The maximum atomic E-state index is 4.08. The minimum absolute atomic E-state index is 0.978. The predicted octanol–water partition coefficient (Wildman–Crippen LogP) is 0.355. The molecule has 1 aliphatic heterocycles. The zero-order valence-electron chi connectivity index (χ0n) is 4.68. The van der Waals surface area contributed by atoms with E-state index in [9.17, 15) is 0 Å². The molecule has 0 unspecified atom stereocenters. The maximum absolute atomic E-state index is 4.08. The second kappa shape index (κ2) is 1.54. The minimum Gasteiger partial charge on any atom is -0.205 e. The van der Waals surface area contributed by atoms with Crippen LogP contribution in [0.15, 0.2) is 11.8 Å². The predicted molar refractivity (Wildman–Crippen MR) is 28.5 cm³/mol. The molecule has 0 amide bonds. The molecule has 39 valence electrons. The zero-order chi connectivity index (χ0) is 5.28. The number of hydrogen-bond donors (Lipinski definition) is 0. The van der Waals surface area contributed by atoms with Crippen LogP contribution in [-0.4, -0.2) is 18.6 Å². The number of likely N-dealkylation sites (N-methyl/N-ethyl adjacent to an activating group) is 1. The van der Waals surface area contributed by atoms with Crippen molar-refractivity contribution in [1.29, 1.82) is 0 Å². The van der Waals surface area contributed by atoms with Crippen molar-refractivity contribution in [3.63, 3.8) is 0 Å². The SMILES string of the molecule is CC1=CCN(C)[N]1. The quantitative estimate of drug-likeness (QED) is 0.426. The summed E-state index contributed by atoms with van der Waals surface area (Å²) in [5, 5.41) is 1.91. The fourth-order valence-corrected chi connectivity index (χ4v) is 0.615. The molecule has 2 heteroatoms. The third-order valence-electron chi connectivity index (χ3n) is 0.979. The van der Waals surface area contributed by atoms with Crippen LogP contribution < -0.4 is 5.43 Å². The van der Waals surface area contributed by atoms with Gasteiger partial charge < -0.3 is 0 Å². The van der Waals surface area contributed by atoms with Gasteiger partial charge in [0.1, 0.15) is 0 Å². The Morgan fingerprint density at radius 2 is 2.57 bits per heavy atom. The number of hydrogen-bond acceptors (Lipinski definition) is 1. The van der Waals surface area contributed by atoms with E-state index in [0.29, 0.717) is 0 Å². The molecule has 0 bridgehead atoms. The molecule has 0 saturated carbocycles. The summed E-state index contributed by atoms with van der Waals surface area (Å²) in [6.07, 6.45) is 2.10. The molecular formula is C5H9N2. The van der Waals surface area contributed by atoms with Crippen molar-refractivity contribution in [2.45, 2.75) is 6.92 Å². The van der Waals surface area contributed by atoms with Gasteiger partial charge in [0.2, 0.25) is 0 Å². The van der Waals surface area contributed by atoms with Crippen LogP contribution in [0, 0.1) is 0 Å². The number of nitrogens with zero attached hydrogens (tertiary/aromatic N) is 2. The average Bonchev–Trinajstić information content (AvgIpc) is 1.87. The van der Waals surface area contributed by atoms with Crippen molar-refractivity contribution in [1.82, 2.24) is 10.4 Å². The Morgan fingerprint density at radius 3 is 2.71 bits per heavy atom. The standard InChI is InChI=1S/C5H9N2/c1-5-3-4-7(2)6-5/h3H,4H2,1-2H3. The van der Waals surface area contributed by atoms with E-state index in [2.05, 4.69) is 11.5 Å². The van der Waals surface area contributed by atoms with Crippen molar-refractivity contribution in [2.75, 3.05) is 13.6 Å². The fraction of sp³-hybridized carbons (Fsp3) is 0.600. The van der Waals surface area contributed by atoms with Crippen LogP contribution in [0.1, 0.15) is 6.92 Å². The van der Waals surface area contributed by atoms with Gasteiger partial charge >= 0.3 is 0 Å². The molecule has 0 aromatic carbocycles. The van der Waals surface area contributed by atoms with E-state index in [1.165, 1.54) is 0 Å². The molecule has 0 aliphatic carbocycles. The highest BCUT2D eigenvalue weighted by Gasteiger charge is 2.03. The zero-order valence-corrected chi connectivity index (χ0v) is 4.68. The summed E-state index contributed by atoms with van der Waals surface area (Å²) >= 11 is 0. The average molecular weight is 97.1 g/mol. The summed E-state index contributed by atoms with van der Waals surface area (Å²) in [5.74, 6) is 0. The van der Waals surface area contributed by atoms with Gasteiger partial charge in [-0.15, -0.1) is 0 Å². The van der Waals surface area contributed by atoms with E-state index >= 15 is 0 Å². The van der Waals surface area contributed by atoms with Crippen molar-refractivity contribution in [3.8, 4) is 0 Å². The van der Waals surface area contributed by atoms with Gasteiger partial charge in [0, 0.05) is 19.3 Å². The Bertz CT molecular complexity index is 96.3. The normalized spacial score (nSPS) is 21.7. The van der Waals surface area contributed by atoms with E-state index in [0.717, 1.165) is 12.2 Å². The second-order valence-electron chi connectivity index (χ2n) is 1.79. The second-order valence-corrected chi connectivity index (χ2v) is 1.79. The van der Waals surface area contributed by atoms with Gasteiger partial charge in [-0.05, 0) is 13.0 Å². The summed E-state index contributed by atoms with van der Waals surface area (Å²) in [6.45, 7) is 2.98. The number of rotatable bonds is 0. The van der Waals surface area contributed by atoms with E-state index in [-0.39, 0.29) is 0 Å². The fourth-order valence-electron chi connectivity index (χ4n) is 0.615. The molecule has 0 N–H and O–H groups in total. The third kappa shape index (κ3) is 0.933. The minimum atomic E-state index is 0.978. The summed E-state index contributed by atoms with van der Waals surface area (Å²) in [6, 6.07) is 0. The molecule has 1 heterocycles. The topological polar surface area (TPSA) is 17.3 Å². The Morgan fingerprint density at radius 1 is 1.86 bits per heavy atom. The third-order valence-corrected chi connectivity index (χ3v) is 0.979. The molecule has 0 fully saturated rings. The first-order chi connectivity index (χ1) is 3.29. The van der Waals surface area contributed by atoms with Gasteiger partial charge in [-0.2, -0.15) is 5.01 Å². The van der Waals surface area contributed by atoms with Crippen LogP contribution in [0.5, 0.6) is 0 Å². The van der Waals surface area contributed by atoms with Crippen molar-refractivity contribution < 1.29 is 0 Å². The summed E-state index contributed by atoms with van der Waals surface area (Å²) < 4.78 is 0. The molecule has 1 rings (SSSR count). The molecule has 2 nitrogen and oxygen atoms in total. The Hall–Kier alpha value is -0.500. The maximum Gasteiger partial charge on any atom is 0.0493 e. The monoisotopic (exact) mass is 97.1 g/mol. The highest BCUT2D eigenvalue weighted by Crippen LogP contribution is 1.98. The first kappa shape index (κ1) is 4.65. The van der Waals surface area contributed by atoms with Crippen LogP contribution in [0.2, 0.25) is 0 Å². The lowest BCUT2D eigenvalue weighted by Crippen LogP contribution is -2.19. The summed E-state index contributed by atoms with van der Waals surface area (Å²) in [4.78, 5) is 0. The summed E-state index contributed by atoms with van der Waals surface area (Å²) in [5.41, 5.74) is 5.21. The molecule has 0 spiro atoms. The Labute approximate surface area is 43.8 Å². The molecule has 1 aliphatic rings. The first-order valence-corrected chi connectivity index (χ1v) is 2.38. The molecule has 7 heavy (non-hydrogen) atoms. The highest BCUT2D eigenvalue weighted by molar-refractivity contribution is 5.00. The lowest BCUT2D eigenvalue weighted by atomic mass is 10.5. The molecule has 0 aromatic heterocycles. The van der Waals surface area contributed by atoms with Crippen LogP contribution >= 0.6 is 0 Å². The summed E-state index contributed by atoms with van der Waals surface area (Å²) in [7, 11) is 1.97. The number of allylic oxidation sites excluding steroid dienone is 1. The van der Waals surface area contributed by atoms with Crippen LogP contribution in [0.25, 0.3) is 0 Å². The van der Waals surface area contributed by atoms with Gasteiger partial charge in [0.15, 0.2) is 0 Å². The Balaban J connectivity index is 2.42. The van der Waals surface area contributed by atoms with Crippen LogP contribution in [0.4, 0.5) is 0 Å². The van der Waals surface area contributed by atoms with Gasteiger partial charge in [0.25, 0.3) is 0 Å². The molecule has 0 saturated heterocycles. The highest BCUT2D eigenvalue weighted by atomic mass is 15.5.